The first-order valence-corrected chi connectivity index (χ1v) is 5.92. The van der Waals surface area contributed by atoms with Crippen LogP contribution in [0.2, 0.25) is 0 Å². The molecule has 0 aliphatic carbocycles. The molecule has 1 aromatic carbocycles. The van der Waals surface area contributed by atoms with Crippen molar-refractivity contribution in [2.45, 2.75) is 32.9 Å². The quantitative estimate of drug-likeness (QED) is 0.858. The molecule has 0 aliphatic rings. The SMILES string of the molecule is Cc1cnc(CNC(C)Cc2ccccc2)o1. The largest absolute Gasteiger partial charge is 0.445 e. The zero-order valence-corrected chi connectivity index (χ0v) is 10.3. The monoisotopic (exact) mass is 230 g/mol. The van der Waals surface area contributed by atoms with E-state index >= 15 is 0 Å². The van der Waals surface area contributed by atoms with E-state index in [4.69, 9.17) is 4.42 Å². The minimum Gasteiger partial charge on any atom is -0.445 e. The molecular formula is C14H18N2O. The van der Waals surface area contributed by atoms with Crippen LogP contribution in [0, 0.1) is 6.92 Å². The zero-order chi connectivity index (χ0) is 12.1. The van der Waals surface area contributed by atoms with E-state index in [0.717, 1.165) is 18.1 Å². The number of benzene rings is 1. The molecule has 0 bridgehead atoms. The van der Waals surface area contributed by atoms with Crippen molar-refractivity contribution in [2.24, 2.45) is 0 Å². The normalized spacial score (nSPS) is 12.6. The summed E-state index contributed by atoms with van der Waals surface area (Å²) >= 11 is 0. The molecule has 0 spiro atoms. The zero-order valence-electron chi connectivity index (χ0n) is 10.3. The van der Waals surface area contributed by atoms with Gasteiger partial charge in [0.2, 0.25) is 5.89 Å². The van der Waals surface area contributed by atoms with Gasteiger partial charge in [-0.1, -0.05) is 30.3 Å². The van der Waals surface area contributed by atoms with E-state index < -0.39 is 0 Å². The number of aromatic nitrogens is 1. The summed E-state index contributed by atoms with van der Waals surface area (Å²) in [7, 11) is 0. The van der Waals surface area contributed by atoms with E-state index in [-0.39, 0.29) is 0 Å². The number of rotatable bonds is 5. The van der Waals surface area contributed by atoms with Crippen molar-refractivity contribution in [3.05, 3.63) is 53.7 Å². The highest BCUT2D eigenvalue weighted by atomic mass is 16.4. The second-order valence-electron chi connectivity index (χ2n) is 4.34. The Labute approximate surface area is 102 Å². The van der Waals surface area contributed by atoms with Crippen LogP contribution in [0.25, 0.3) is 0 Å². The Balaban J connectivity index is 1.80. The molecule has 1 heterocycles. The Kier molecular flexibility index (Phi) is 3.94. The summed E-state index contributed by atoms with van der Waals surface area (Å²) in [6.45, 7) is 4.76. The summed E-state index contributed by atoms with van der Waals surface area (Å²) in [5, 5.41) is 3.40. The summed E-state index contributed by atoms with van der Waals surface area (Å²) in [5.74, 6) is 1.61. The van der Waals surface area contributed by atoms with Crippen LogP contribution in [-0.2, 0) is 13.0 Å². The molecule has 1 N–H and O–H groups in total. The van der Waals surface area contributed by atoms with Crippen LogP contribution in [0.15, 0.2) is 40.9 Å². The lowest BCUT2D eigenvalue weighted by atomic mass is 10.1. The van der Waals surface area contributed by atoms with E-state index in [9.17, 15) is 0 Å². The first-order chi connectivity index (χ1) is 8.24. The van der Waals surface area contributed by atoms with Crippen LogP contribution in [0.1, 0.15) is 24.1 Å². The van der Waals surface area contributed by atoms with Crippen molar-refractivity contribution in [3.8, 4) is 0 Å². The van der Waals surface area contributed by atoms with Gasteiger partial charge in [-0.05, 0) is 25.8 Å². The average molecular weight is 230 g/mol. The lowest BCUT2D eigenvalue weighted by Gasteiger charge is -2.12. The molecule has 1 atom stereocenters. The minimum absolute atomic E-state index is 0.407. The van der Waals surface area contributed by atoms with Crippen molar-refractivity contribution in [3.63, 3.8) is 0 Å². The first-order valence-electron chi connectivity index (χ1n) is 5.92. The molecule has 0 radical (unpaired) electrons. The maximum absolute atomic E-state index is 5.41. The summed E-state index contributed by atoms with van der Waals surface area (Å²) in [6.07, 6.45) is 2.76. The van der Waals surface area contributed by atoms with Crippen LogP contribution >= 0.6 is 0 Å². The van der Waals surface area contributed by atoms with E-state index in [1.165, 1.54) is 5.56 Å². The highest BCUT2D eigenvalue weighted by Gasteiger charge is 2.05. The number of nitrogens with one attached hydrogen (secondary N) is 1. The van der Waals surface area contributed by atoms with Gasteiger partial charge in [-0.25, -0.2) is 4.98 Å². The lowest BCUT2D eigenvalue weighted by Crippen LogP contribution is -2.27. The molecule has 0 fully saturated rings. The highest BCUT2D eigenvalue weighted by molar-refractivity contribution is 5.15. The number of hydrogen-bond acceptors (Lipinski definition) is 3. The van der Waals surface area contributed by atoms with Crippen LogP contribution in [0.5, 0.6) is 0 Å². The van der Waals surface area contributed by atoms with Crippen molar-refractivity contribution < 1.29 is 4.42 Å². The standard InChI is InChI=1S/C14H18N2O/c1-11(8-13-6-4-3-5-7-13)15-10-14-16-9-12(2)17-14/h3-7,9,11,15H,8,10H2,1-2H3. The Morgan fingerprint density at radius 3 is 2.71 bits per heavy atom. The van der Waals surface area contributed by atoms with Gasteiger partial charge in [0.25, 0.3) is 0 Å². The van der Waals surface area contributed by atoms with Gasteiger partial charge in [-0.15, -0.1) is 0 Å². The first kappa shape index (κ1) is 11.9. The van der Waals surface area contributed by atoms with E-state index in [2.05, 4.69) is 41.5 Å². The van der Waals surface area contributed by atoms with Gasteiger partial charge in [0.15, 0.2) is 0 Å². The molecule has 3 nitrogen and oxygen atoms in total. The molecule has 0 amide bonds. The summed E-state index contributed by atoms with van der Waals surface area (Å²) in [6, 6.07) is 10.9. The van der Waals surface area contributed by atoms with Crippen molar-refractivity contribution in [1.29, 1.82) is 0 Å². The second-order valence-corrected chi connectivity index (χ2v) is 4.34. The van der Waals surface area contributed by atoms with Gasteiger partial charge in [0.05, 0.1) is 12.7 Å². The van der Waals surface area contributed by atoms with Crippen molar-refractivity contribution in [2.75, 3.05) is 0 Å². The lowest BCUT2D eigenvalue weighted by molar-refractivity contribution is 0.427. The highest BCUT2D eigenvalue weighted by Crippen LogP contribution is 2.05. The van der Waals surface area contributed by atoms with E-state index in [0.29, 0.717) is 12.6 Å². The molecule has 2 rings (SSSR count). The number of oxazole rings is 1. The third kappa shape index (κ3) is 3.71. The summed E-state index contributed by atoms with van der Waals surface area (Å²) in [4.78, 5) is 4.17. The third-order valence-corrected chi connectivity index (χ3v) is 2.66. The topological polar surface area (TPSA) is 38.1 Å². The molecule has 2 aromatic rings. The van der Waals surface area contributed by atoms with Crippen LogP contribution in [0.4, 0.5) is 0 Å². The smallest absolute Gasteiger partial charge is 0.208 e. The van der Waals surface area contributed by atoms with Gasteiger partial charge in [-0.3, -0.25) is 0 Å². The Hall–Kier alpha value is -1.61. The summed E-state index contributed by atoms with van der Waals surface area (Å²) < 4.78 is 5.41. The van der Waals surface area contributed by atoms with Crippen LogP contribution < -0.4 is 5.32 Å². The van der Waals surface area contributed by atoms with Crippen molar-refractivity contribution in [1.82, 2.24) is 10.3 Å². The molecule has 17 heavy (non-hydrogen) atoms. The van der Waals surface area contributed by atoms with Gasteiger partial charge >= 0.3 is 0 Å². The van der Waals surface area contributed by atoms with Crippen molar-refractivity contribution >= 4 is 0 Å². The molecule has 90 valence electrons. The van der Waals surface area contributed by atoms with Gasteiger partial charge in [-0.2, -0.15) is 0 Å². The maximum atomic E-state index is 5.41. The second kappa shape index (κ2) is 5.64. The van der Waals surface area contributed by atoms with E-state index in [1.54, 1.807) is 6.20 Å². The molecule has 1 unspecified atom stereocenters. The number of hydrogen-bond donors (Lipinski definition) is 1. The molecule has 3 heteroatoms. The van der Waals surface area contributed by atoms with Crippen LogP contribution in [-0.4, -0.2) is 11.0 Å². The molecule has 0 saturated heterocycles. The fourth-order valence-corrected chi connectivity index (χ4v) is 1.78. The summed E-state index contributed by atoms with van der Waals surface area (Å²) in [5.41, 5.74) is 1.34. The average Bonchev–Trinajstić information content (AvgIpc) is 2.74. The Morgan fingerprint density at radius 1 is 1.29 bits per heavy atom. The fourth-order valence-electron chi connectivity index (χ4n) is 1.78. The number of aryl methyl sites for hydroxylation is 1. The number of nitrogens with zero attached hydrogens (tertiary/aromatic N) is 1. The molecule has 0 saturated carbocycles. The Bertz CT molecular complexity index is 450. The minimum atomic E-state index is 0.407. The molecule has 0 aliphatic heterocycles. The van der Waals surface area contributed by atoms with E-state index in [1.807, 2.05) is 13.0 Å². The third-order valence-electron chi connectivity index (χ3n) is 2.66. The van der Waals surface area contributed by atoms with Gasteiger partial charge in [0, 0.05) is 6.04 Å². The van der Waals surface area contributed by atoms with Gasteiger partial charge in [0.1, 0.15) is 5.76 Å². The Morgan fingerprint density at radius 2 is 2.06 bits per heavy atom. The van der Waals surface area contributed by atoms with Crippen LogP contribution in [0.3, 0.4) is 0 Å². The predicted octanol–water partition coefficient (Wildman–Crippen LogP) is 2.70. The predicted molar refractivity (Wildman–Crippen MR) is 67.7 cm³/mol. The fraction of sp³-hybridized carbons (Fsp3) is 0.357. The molecular weight excluding hydrogens is 212 g/mol. The molecule has 1 aromatic heterocycles. The maximum Gasteiger partial charge on any atom is 0.208 e. The van der Waals surface area contributed by atoms with Gasteiger partial charge < -0.3 is 9.73 Å².